The molecular weight excluding hydrogens is 432 g/mol. The van der Waals surface area contributed by atoms with E-state index in [0.717, 1.165) is 11.1 Å². The first-order valence-corrected chi connectivity index (χ1v) is 9.24. The van der Waals surface area contributed by atoms with Crippen LogP contribution >= 0.6 is 0 Å². The van der Waals surface area contributed by atoms with Crippen molar-refractivity contribution in [2.24, 2.45) is 0 Å². The Kier molecular flexibility index (Phi) is 8.70. The average Bonchev–Trinajstić information content (AvgIpc) is 2.75. The lowest BCUT2D eigenvalue weighted by Crippen LogP contribution is -3.00. The molecule has 1 amide bonds. The van der Waals surface area contributed by atoms with Gasteiger partial charge in [0.25, 0.3) is 5.91 Å². The molecule has 0 atom stereocenters. The van der Waals surface area contributed by atoms with Gasteiger partial charge in [-0.1, -0.05) is 54.6 Å². The lowest BCUT2D eigenvalue weighted by molar-refractivity contribution is -0.683. The zero-order chi connectivity index (χ0) is 19.8. The van der Waals surface area contributed by atoms with Gasteiger partial charge < -0.3 is 27.4 Å². The molecule has 0 aliphatic rings. The van der Waals surface area contributed by atoms with Crippen LogP contribution in [0.4, 0.5) is 0 Å². The van der Waals surface area contributed by atoms with Crippen molar-refractivity contribution in [2.45, 2.75) is 13.0 Å². The van der Waals surface area contributed by atoms with E-state index in [2.05, 4.69) is 5.32 Å². The number of hydrogen-bond donors (Lipinski definition) is 2. The molecule has 1 heterocycles. The van der Waals surface area contributed by atoms with Crippen LogP contribution in [0.5, 0.6) is 0 Å². The Morgan fingerprint density at radius 2 is 1.45 bits per heavy atom. The summed E-state index contributed by atoms with van der Waals surface area (Å²) in [6.45, 7) is 0.683. The number of rotatable bonds is 8. The molecule has 0 bridgehead atoms. The molecule has 5 nitrogen and oxygen atoms in total. The van der Waals surface area contributed by atoms with Gasteiger partial charge >= 0.3 is 0 Å². The zero-order valence-electron chi connectivity index (χ0n) is 15.9. The first-order valence-electron chi connectivity index (χ1n) is 9.24. The number of Topliss-reactive ketones (excluding diaryl/α,β-unsaturated/α-hetero) is 1. The summed E-state index contributed by atoms with van der Waals surface area (Å²) in [5.41, 5.74) is 3.36. The summed E-state index contributed by atoms with van der Waals surface area (Å²) in [7, 11) is 0. The number of pyridine rings is 1. The number of aromatic nitrogens is 1. The van der Waals surface area contributed by atoms with Gasteiger partial charge in [0.05, 0.1) is 5.56 Å². The summed E-state index contributed by atoms with van der Waals surface area (Å²) in [5, 5.41) is 11.5. The summed E-state index contributed by atoms with van der Waals surface area (Å²) in [4.78, 5) is 24.5. The fourth-order valence-electron chi connectivity index (χ4n) is 2.83. The molecule has 150 valence electrons. The highest BCUT2D eigenvalue weighted by atomic mass is 79.9. The van der Waals surface area contributed by atoms with E-state index in [-0.39, 0.29) is 41.8 Å². The van der Waals surface area contributed by atoms with E-state index in [4.69, 9.17) is 5.11 Å². The summed E-state index contributed by atoms with van der Waals surface area (Å²) < 4.78 is 1.75. The van der Waals surface area contributed by atoms with Crippen molar-refractivity contribution in [1.29, 1.82) is 0 Å². The van der Waals surface area contributed by atoms with Crippen LogP contribution in [0, 0.1) is 0 Å². The Morgan fingerprint density at radius 3 is 2.07 bits per heavy atom. The molecule has 1 aromatic heterocycles. The predicted molar refractivity (Wildman–Crippen MR) is 107 cm³/mol. The van der Waals surface area contributed by atoms with Gasteiger partial charge in [0.2, 0.25) is 12.3 Å². The van der Waals surface area contributed by atoms with E-state index in [9.17, 15) is 9.59 Å². The van der Waals surface area contributed by atoms with Crippen molar-refractivity contribution in [1.82, 2.24) is 5.32 Å². The number of halogens is 1. The minimum absolute atomic E-state index is 0. The van der Waals surface area contributed by atoms with Crippen LogP contribution in [-0.2, 0) is 6.54 Å². The fourth-order valence-corrected chi connectivity index (χ4v) is 2.83. The molecule has 2 aromatic carbocycles. The quantitative estimate of drug-likeness (QED) is 0.277. The fraction of sp³-hybridized carbons (Fsp3) is 0.174. The maximum atomic E-state index is 12.5. The lowest BCUT2D eigenvalue weighted by Gasteiger charge is -2.04. The van der Waals surface area contributed by atoms with E-state index < -0.39 is 0 Å². The first kappa shape index (κ1) is 22.5. The van der Waals surface area contributed by atoms with Crippen molar-refractivity contribution >= 4 is 11.7 Å². The molecule has 0 unspecified atom stereocenters. The van der Waals surface area contributed by atoms with Crippen LogP contribution in [0.1, 0.15) is 27.1 Å². The Hall–Kier alpha value is -2.83. The third kappa shape index (κ3) is 6.34. The topological polar surface area (TPSA) is 70.3 Å². The van der Waals surface area contributed by atoms with Crippen LogP contribution in [0.25, 0.3) is 11.1 Å². The van der Waals surface area contributed by atoms with Crippen LogP contribution in [0.15, 0.2) is 79.1 Å². The number of carbonyl (C=O) groups excluding carboxylic acids is 2. The van der Waals surface area contributed by atoms with Gasteiger partial charge in [-0.2, -0.15) is 4.57 Å². The van der Waals surface area contributed by atoms with E-state index >= 15 is 0 Å². The van der Waals surface area contributed by atoms with Crippen LogP contribution in [0.3, 0.4) is 0 Å². The minimum Gasteiger partial charge on any atom is -1.00 e. The van der Waals surface area contributed by atoms with Crippen molar-refractivity contribution in [3.05, 3.63) is 90.3 Å². The monoisotopic (exact) mass is 454 g/mol. The van der Waals surface area contributed by atoms with Gasteiger partial charge in [-0.25, -0.2) is 0 Å². The van der Waals surface area contributed by atoms with Gasteiger partial charge in [-0.3, -0.25) is 9.59 Å². The third-order valence-corrected chi connectivity index (χ3v) is 4.41. The maximum absolute atomic E-state index is 12.5. The van der Waals surface area contributed by atoms with Gasteiger partial charge in [-0.05, 0) is 17.5 Å². The molecule has 3 aromatic rings. The van der Waals surface area contributed by atoms with Gasteiger partial charge in [0.1, 0.15) is 0 Å². The van der Waals surface area contributed by atoms with Crippen molar-refractivity contribution in [3.8, 4) is 11.1 Å². The highest BCUT2D eigenvalue weighted by molar-refractivity contribution is 5.95. The second-order valence-electron chi connectivity index (χ2n) is 6.46. The molecule has 0 aliphatic carbocycles. The molecule has 0 saturated carbocycles. The molecule has 0 radical (unpaired) electrons. The van der Waals surface area contributed by atoms with Crippen molar-refractivity contribution < 1.29 is 36.2 Å². The lowest BCUT2D eigenvalue weighted by atomic mass is 10.0. The number of carbonyl (C=O) groups is 2. The van der Waals surface area contributed by atoms with Gasteiger partial charge in [-0.15, -0.1) is 0 Å². The number of nitrogens with one attached hydrogen (secondary N) is 1. The van der Waals surface area contributed by atoms with E-state index in [0.29, 0.717) is 24.1 Å². The minimum atomic E-state index is -0.191. The van der Waals surface area contributed by atoms with E-state index in [1.165, 1.54) is 0 Å². The molecule has 3 rings (SSSR count). The standard InChI is InChI=1S/C23H22N2O3.BrH/c26-16-4-13-24-23(28)21-11-14-25(15-12-21)17-22(27)20-9-7-19(8-10-20)18-5-2-1-3-6-18;/h1-3,5-12,14-15,26H,4,13,16-17H2;1H. The second kappa shape index (κ2) is 11.2. The second-order valence-corrected chi connectivity index (χ2v) is 6.46. The van der Waals surface area contributed by atoms with Crippen LogP contribution in [0.2, 0.25) is 0 Å². The van der Waals surface area contributed by atoms with Crippen LogP contribution in [-0.4, -0.2) is 29.9 Å². The molecule has 0 aliphatic heterocycles. The highest BCUT2D eigenvalue weighted by Gasteiger charge is 2.13. The Morgan fingerprint density at radius 1 is 0.828 bits per heavy atom. The van der Waals surface area contributed by atoms with E-state index in [1.54, 1.807) is 29.1 Å². The number of hydrogen-bond acceptors (Lipinski definition) is 3. The Balaban J connectivity index is 0.00000300. The normalized spacial score (nSPS) is 10.1. The average molecular weight is 455 g/mol. The number of aliphatic hydroxyl groups excluding tert-OH is 1. The SMILES string of the molecule is O=C(C[n+]1ccc(C(=O)NCCCO)cc1)c1ccc(-c2ccccc2)cc1.[Br-]. The summed E-state index contributed by atoms with van der Waals surface area (Å²) in [6, 6.07) is 21.0. The van der Waals surface area contributed by atoms with Gasteiger partial charge in [0, 0.05) is 30.8 Å². The van der Waals surface area contributed by atoms with Gasteiger partial charge in [0.15, 0.2) is 12.4 Å². The Labute approximate surface area is 180 Å². The maximum Gasteiger partial charge on any atom is 0.251 e. The number of nitrogens with zero attached hydrogens (tertiary/aromatic N) is 1. The van der Waals surface area contributed by atoms with Crippen molar-refractivity contribution in [2.75, 3.05) is 13.2 Å². The molecule has 0 fully saturated rings. The molecule has 29 heavy (non-hydrogen) atoms. The summed E-state index contributed by atoms with van der Waals surface area (Å²) in [5.74, 6) is -0.187. The number of aliphatic hydroxyl groups is 1. The summed E-state index contributed by atoms with van der Waals surface area (Å²) in [6.07, 6.45) is 3.96. The highest BCUT2D eigenvalue weighted by Crippen LogP contribution is 2.19. The predicted octanol–water partition coefficient (Wildman–Crippen LogP) is -0.360. The molecule has 6 heteroatoms. The molecule has 0 saturated heterocycles. The number of amides is 1. The smallest absolute Gasteiger partial charge is 0.251 e. The molecule has 2 N–H and O–H groups in total. The number of ketones is 1. The first-order chi connectivity index (χ1) is 13.7. The zero-order valence-corrected chi connectivity index (χ0v) is 17.5. The van der Waals surface area contributed by atoms with Crippen LogP contribution < -0.4 is 26.9 Å². The third-order valence-electron chi connectivity index (χ3n) is 4.41. The Bertz CT molecular complexity index is 927. The molecular formula is C23H23BrN2O3. The van der Waals surface area contributed by atoms with E-state index in [1.807, 2.05) is 54.6 Å². The van der Waals surface area contributed by atoms with Crippen molar-refractivity contribution in [3.63, 3.8) is 0 Å². The largest absolute Gasteiger partial charge is 1.00 e. The number of benzene rings is 2. The molecule has 0 spiro atoms. The summed E-state index contributed by atoms with van der Waals surface area (Å²) >= 11 is 0.